The first-order valence-corrected chi connectivity index (χ1v) is 5.77. The van der Waals surface area contributed by atoms with E-state index in [2.05, 4.69) is 10.6 Å². The highest BCUT2D eigenvalue weighted by Crippen LogP contribution is 2.06. The standard InChI is InChI=1S/C10H14N2OS.ClH/c13-10(3-8-1-2-14-7-8)12-6-9-4-11-5-9;/h1-2,7,9,11H,3-6H2,(H,12,13);1H. The second-order valence-corrected chi connectivity index (χ2v) is 4.42. The fraction of sp³-hybridized carbons (Fsp3) is 0.500. The molecule has 0 unspecified atom stereocenters. The van der Waals surface area contributed by atoms with E-state index in [9.17, 15) is 4.79 Å². The minimum absolute atomic E-state index is 0. The largest absolute Gasteiger partial charge is 0.355 e. The van der Waals surface area contributed by atoms with Gasteiger partial charge >= 0.3 is 0 Å². The molecule has 2 heterocycles. The Balaban J connectivity index is 0.00000112. The third-order valence-electron chi connectivity index (χ3n) is 2.40. The van der Waals surface area contributed by atoms with Gasteiger partial charge in [0.15, 0.2) is 0 Å². The highest BCUT2D eigenvalue weighted by atomic mass is 35.5. The lowest BCUT2D eigenvalue weighted by Crippen LogP contribution is -2.48. The molecule has 1 fully saturated rings. The lowest BCUT2D eigenvalue weighted by atomic mass is 10.0. The van der Waals surface area contributed by atoms with E-state index in [1.54, 1.807) is 11.3 Å². The van der Waals surface area contributed by atoms with Crippen LogP contribution in [-0.2, 0) is 11.2 Å². The molecular weight excluding hydrogens is 232 g/mol. The topological polar surface area (TPSA) is 41.1 Å². The zero-order valence-corrected chi connectivity index (χ0v) is 10.00. The molecule has 1 aromatic rings. The first-order valence-electron chi connectivity index (χ1n) is 4.83. The molecule has 0 spiro atoms. The second-order valence-electron chi connectivity index (χ2n) is 3.64. The Labute approximate surface area is 99.7 Å². The summed E-state index contributed by atoms with van der Waals surface area (Å²) in [6, 6.07) is 2.00. The Morgan fingerprint density at radius 1 is 1.60 bits per heavy atom. The maximum atomic E-state index is 11.4. The number of amides is 1. The fourth-order valence-electron chi connectivity index (χ4n) is 1.39. The van der Waals surface area contributed by atoms with Crippen LogP contribution in [0.3, 0.4) is 0 Å². The molecule has 3 nitrogen and oxygen atoms in total. The highest BCUT2D eigenvalue weighted by Gasteiger charge is 2.16. The van der Waals surface area contributed by atoms with Crippen LogP contribution in [0.4, 0.5) is 0 Å². The lowest BCUT2D eigenvalue weighted by molar-refractivity contribution is -0.120. The van der Waals surface area contributed by atoms with Crippen LogP contribution < -0.4 is 10.6 Å². The molecule has 15 heavy (non-hydrogen) atoms. The molecule has 2 rings (SSSR count). The van der Waals surface area contributed by atoms with E-state index in [0.717, 1.165) is 25.2 Å². The number of thiophene rings is 1. The smallest absolute Gasteiger partial charge is 0.224 e. The first-order chi connectivity index (χ1) is 6.84. The molecule has 2 N–H and O–H groups in total. The first kappa shape index (κ1) is 12.5. The van der Waals surface area contributed by atoms with Crippen LogP contribution in [0.5, 0.6) is 0 Å². The van der Waals surface area contributed by atoms with Crippen LogP contribution in [0, 0.1) is 5.92 Å². The van der Waals surface area contributed by atoms with Crippen molar-refractivity contribution < 1.29 is 4.79 Å². The third kappa shape index (κ3) is 3.81. The van der Waals surface area contributed by atoms with Gasteiger partial charge in [0.2, 0.25) is 5.91 Å². The number of halogens is 1. The second kappa shape index (κ2) is 6.10. The number of hydrogen-bond acceptors (Lipinski definition) is 3. The highest BCUT2D eigenvalue weighted by molar-refractivity contribution is 7.07. The van der Waals surface area contributed by atoms with Gasteiger partial charge in [-0.2, -0.15) is 11.3 Å². The average Bonchev–Trinajstić information content (AvgIpc) is 2.54. The van der Waals surface area contributed by atoms with Gasteiger partial charge in [-0.1, -0.05) is 0 Å². The van der Waals surface area contributed by atoms with Gasteiger partial charge in [0.1, 0.15) is 0 Å². The van der Waals surface area contributed by atoms with Crippen LogP contribution in [0.25, 0.3) is 0 Å². The maximum absolute atomic E-state index is 11.4. The van der Waals surface area contributed by atoms with Gasteiger partial charge in [0.05, 0.1) is 6.42 Å². The van der Waals surface area contributed by atoms with E-state index in [-0.39, 0.29) is 18.3 Å². The summed E-state index contributed by atoms with van der Waals surface area (Å²) < 4.78 is 0. The molecule has 0 aromatic carbocycles. The number of rotatable bonds is 4. The SMILES string of the molecule is Cl.O=C(Cc1ccsc1)NCC1CNC1. The van der Waals surface area contributed by atoms with Crippen molar-refractivity contribution in [3.8, 4) is 0 Å². The van der Waals surface area contributed by atoms with E-state index in [0.29, 0.717) is 12.3 Å². The molecular formula is C10H15ClN2OS. The van der Waals surface area contributed by atoms with Gasteiger partial charge in [-0.3, -0.25) is 4.79 Å². The fourth-order valence-corrected chi connectivity index (χ4v) is 2.06. The molecule has 0 saturated carbocycles. The molecule has 0 aliphatic carbocycles. The normalized spacial score (nSPS) is 15.2. The van der Waals surface area contributed by atoms with Gasteiger partial charge in [-0.15, -0.1) is 12.4 Å². The summed E-state index contributed by atoms with van der Waals surface area (Å²) in [5, 5.41) is 10.1. The number of carbonyl (C=O) groups is 1. The molecule has 84 valence electrons. The average molecular weight is 247 g/mol. The van der Waals surface area contributed by atoms with Crippen LogP contribution in [0.1, 0.15) is 5.56 Å². The van der Waals surface area contributed by atoms with E-state index >= 15 is 0 Å². The van der Waals surface area contributed by atoms with Gasteiger partial charge in [0, 0.05) is 25.6 Å². The van der Waals surface area contributed by atoms with Gasteiger partial charge in [0.25, 0.3) is 0 Å². The van der Waals surface area contributed by atoms with E-state index in [1.165, 1.54) is 0 Å². The maximum Gasteiger partial charge on any atom is 0.224 e. The molecule has 0 bridgehead atoms. The van der Waals surface area contributed by atoms with Crippen molar-refractivity contribution in [2.75, 3.05) is 19.6 Å². The Bertz CT molecular complexity index is 298. The van der Waals surface area contributed by atoms with Crippen molar-refractivity contribution in [3.63, 3.8) is 0 Å². The summed E-state index contributed by atoms with van der Waals surface area (Å²) in [4.78, 5) is 11.4. The van der Waals surface area contributed by atoms with Crippen molar-refractivity contribution in [2.45, 2.75) is 6.42 Å². The zero-order chi connectivity index (χ0) is 9.80. The summed E-state index contributed by atoms with van der Waals surface area (Å²) in [6.45, 7) is 2.90. The van der Waals surface area contributed by atoms with Crippen LogP contribution in [0.15, 0.2) is 16.8 Å². The van der Waals surface area contributed by atoms with Crippen molar-refractivity contribution in [1.29, 1.82) is 0 Å². The number of carbonyl (C=O) groups excluding carboxylic acids is 1. The van der Waals surface area contributed by atoms with Crippen molar-refractivity contribution in [1.82, 2.24) is 10.6 Å². The van der Waals surface area contributed by atoms with E-state index < -0.39 is 0 Å². The molecule has 1 amide bonds. The van der Waals surface area contributed by atoms with Crippen molar-refractivity contribution in [2.24, 2.45) is 5.92 Å². The predicted octanol–water partition coefficient (Wildman–Crippen LogP) is 1.05. The molecule has 1 aromatic heterocycles. The molecule has 0 atom stereocenters. The van der Waals surface area contributed by atoms with Crippen molar-refractivity contribution >= 4 is 29.7 Å². The molecule has 0 radical (unpaired) electrons. The molecule has 1 aliphatic rings. The Morgan fingerprint density at radius 3 is 2.93 bits per heavy atom. The lowest BCUT2D eigenvalue weighted by Gasteiger charge is -2.27. The van der Waals surface area contributed by atoms with Gasteiger partial charge in [-0.05, 0) is 22.4 Å². The zero-order valence-electron chi connectivity index (χ0n) is 8.36. The van der Waals surface area contributed by atoms with Crippen LogP contribution in [0.2, 0.25) is 0 Å². The molecule has 5 heteroatoms. The Hall–Kier alpha value is -0.580. The molecule has 1 saturated heterocycles. The Morgan fingerprint density at radius 2 is 2.40 bits per heavy atom. The third-order valence-corrected chi connectivity index (χ3v) is 3.13. The Kier molecular flexibility index (Phi) is 5.08. The van der Waals surface area contributed by atoms with Gasteiger partial charge in [-0.25, -0.2) is 0 Å². The van der Waals surface area contributed by atoms with E-state index in [4.69, 9.17) is 0 Å². The van der Waals surface area contributed by atoms with Crippen LogP contribution in [-0.4, -0.2) is 25.5 Å². The van der Waals surface area contributed by atoms with Gasteiger partial charge < -0.3 is 10.6 Å². The predicted molar refractivity (Wildman–Crippen MR) is 64.6 cm³/mol. The minimum atomic E-state index is 0. The quantitative estimate of drug-likeness (QED) is 0.834. The monoisotopic (exact) mass is 246 g/mol. The summed E-state index contributed by atoms with van der Waals surface area (Å²) in [5.41, 5.74) is 1.11. The summed E-state index contributed by atoms with van der Waals surface area (Å²) >= 11 is 1.63. The summed E-state index contributed by atoms with van der Waals surface area (Å²) in [5.74, 6) is 0.775. The van der Waals surface area contributed by atoms with Crippen LogP contribution >= 0.6 is 23.7 Å². The number of hydrogen-bond donors (Lipinski definition) is 2. The minimum Gasteiger partial charge on any atom is -0.355 e. The van der Waals surface area contributed by atoms with Crippen molar-refractivity contribution in [3.05, 3.63) is 22.4 Å². The number of nitrogens with one attached hydrogen (secondary N) is 2. The summed E-state index contributed by atoms with van der Waals surface area (Å²) in [6.07, 6.45) is 0.518. The van der Waals surface area contributed by atoms with E-state index in [1.807, 2.05) is 16.8 Å². The summed E-state index contributed by atoms with van der Waals surface area (Å²) in [7, 11) is 0. The molecule has 1 aliphatic heterocycles.